The van der Waals surface area contributed by atoms with Crippen LogP contribution in [0.15, 0.2) is 77.7 Å². The van der Waals surface area contributed by atoms with Crippen LogP contribution >= 0.6 is 0 Å². The number of aryl methyl sites for hydroxylation is 1. The third-order valence-corrected chi connectivity index (χ3v) is 6.21. The first-order valence-electron chi connectivity index (χ1n) is 10.0. The molecule has 168 valence electrons. The lowest BCUT2D eigenvalue weighted by Crippen LogP contribution is -2.31. The second-order valence-corrected chi connectivity index (χ2v) is 8.93. The minimum absolute atomic E-state index is 0.0975. The van der Waals surface area contributed by atoms with E-state index in [1.807, 2.05) is 37.3 Å². The molecule has 0 heterocycles. The van der Waals surface area contributed by atoms with Crippen LogP contribution in [-0.2, 0) is 14.8 Å². The zero-order chi connectivity index (χ0) is 23.1. The van der Waals surface area contributed by atoms with Crippen molar-refractivity contribution in [1.29, 1.82) is 0 Å². The first kappa shape index (κ1) is 23.1. The van der Waals surface area contributed by atoms with Crippen molar-refractivity contribution in [2.24, 2.45) is 0 Å². The van der Waals surface area contributed by atoms with Crippen LogP contribution in [0.5, 0.6) is 11.5 Å². The van der Waals surface area contributed by atoms with Gasteiger partial charge in [0, 0.05) is 5.69 Å². The molecule has 32 heavy (non-hydrogen) atoms. The lowest BCUT2D eigenvalue weighted by Gasteiger charge is -2.15. The van der Waals surface area contributed by atoms with Crippen LogP contribution in [0, 0.1) is 6.92 Å². The predicted octanol–water partition coefficient (Wildman–Crippen LogP) is 4.06. The number of carbonyl (C=O) groups is 1. The number of hydrogen-bond acceptors (Lipinski definition) is 5. The topological polar surface area (TPSA) is 93.7 Å². The van der Waals surface area contributed by atoms with E-state index in [0.29, 0.717) is 22.7 Å². The van der Waals surface area contributed by atoms with Gasteiger partial charge in [-0.3, -0.25) is 9.52 Å². The van der Waals surface area contributed by atoms with E-state index >= 15 is 0 Å². The van der Waals surface area contributed by atoms with E-state index in [1.165, 1.54) is 12.1 Å². The minimum atomic E-state index is -3.78. The summed E-state index contributed by atoms with van der Waals surface area (Å²) in [6.07, 6.45) is 0. The molecule has 1 unspecified atom stereocenters. The maximum atomic E-state index is 12.7. The van der Waals surface area contributed by atoms with Crippen LogP contribution < -0.4 is 19.5 Å². The zero-order valence-corrected chi connectivity index (χ0v) is 19.0. The number of nitrogens with one attached hydrogen (secondary N) is 2. The van der Waals surface area contributed by atoms with Gasteiger partial charge in [0.1, 0.15) is 11.5 Å². The summed E-state index contributed by atoms with van der Waals surface area (Å²) in [5, 5.41) is 2.88. The van der Waals surface area contributed by atoms with Gasteiger partial charge >= 0.3 is 0 Å². The second kappa shape index (κ2) is 10.2. The number of anilines is 1. The van der Waals surface area contributed by atoms with Gasteiger partial charge in [0.25, 0.3) is 15.9 Å². The molecule has 0 aliphatic carbocycles. The van der Waals surface area contributed by atoms with Crippen molar-refractivity contribution in [2.75, 3.05) is 18.4 Å². The number of rotatable bonds is 9. The number of carbonyl (C=O) groups excluding carboxylic acids is 1. The van der Waals surface area contributed by atoms with Gasteiger partial charge in [0.2, 0.25) is 0 Å². The molecule has 0 aliphatic heterocycles. The molecule has 1 atom stereocenters. The van der Waals surface area contributed by atoms with Gasteiger partial charge in [0.15, 0.2) is 6.61 Å². The highest BCUT2D eigenvalue weighted by Gasteiger charge is 2.17. The maximum absolute atomic E-state index is 12.7. The van der Waals surface area contributed by atoms with E-state index in [2.05, 4.69) is 10.0 Å². The first-order valence-corrected chi connectivity index (χ1v) is 11.5. The molecule has 1 amide bonds. The quantitative estimate of drug-likeness (QED) is 0.509. The minimum Gasteiger partial charge on any atom is -0.497 e. The third-order valence-electron chi connectivity index (χ3n) is 4.83. The van der Waals surface area contributed by atoms with Gasteiger partial charge in [-0.05, 0) is 67.4 Å². The van der Waals surface area contributed by atoms with Crippen LogP contribution in [0.4, 0.5) is 5.69 Å². The Labute approximate surface area is 188 Å². The number of amides is 1. The Morgan fingerprint density at radius 1 is 1.00 bits per heavy atom. The number of ether oxygens (including phenoxy) is 2. The molecule has 0 aromatic heterocycles. The monoisotopic (exact) mass is 454 g/mol. The Morgan fingerprint density at radius 2 is 1.69 bits per heavy atom. The van der Waals surface area contributed by atoms with Gasteiger partial charge in [-0.2, -0.15) is 0 Å². The molecular weight excluding hydrogens is 428 g/mol. The van der Waals surface area contributed by atoms with Crippen molar-refractivity contribution in [2.45, 2.75) is 24.8 Å². The average Bonchev–Trinajstić information content (AvgIpc) is 2.79. The molecule has 2 N–H and O–H groups in total. The molecule has 0 radical (unpaired) electrons. The Morgan fingerprint density at radius 3 is 2.31 bits per heavy atom. The molecule has 8 heteroatoms. The fourth-order valence-electron chi connectivity index (χ4n) is 3.08. The summed E-state index contributed by atoms with van der Waals surface area (Å²) < 4.78 is 38.6. The van der Waals surface area contributed by atoms with Crippen molar-refractivity contribution in [3.63, 3.8) is 0 Å². The highest BCUT2D eigenvalue weighted by Crippen LogP contribution is 2.24. The molecule has 0 bridgehead atoms. The summed E-state index contributed by atoms with van der Waals surface area (Å²) in [6.45, 7) is 3.45. The van der Waals surface area contributed by atoms with E-state index < -0.39 is 10.0 Å². The van der Waals surface area contributed by atoms with Gasteiger partial charge in [-0.25, -0.2) is 8.42 Å². The summed E-state index contributed by atoms with van der Waals surface area (Å²) in [4.78, 5) is 12.3. The van der Waals surface area contributed by atoms with Crippen molar-refractivity contribution < 1.29 is 22.7 Å². The SMILES string of the molecule is COc1ccc(NS(=O)(=O)c2ccc(OCC(=O)NC(C)c3ccccc3)c(C)c2)cc1. The number of methoxy groups -OCH3 is 1. The number of benzene rings is 3. The van der Waals surface area contributed by atoms with Crippen molar-refractivity contribution in [3.8, 4) is 11.5 Å². The largest absolute Gasteiger partial charge is 0.497 e. The Balaban J connectivity index is 1.60. The third kappa shape index (κ3) is 6.01. The van der Waals surface area contributed by atoms with Crippen LogP contribution in [0.1, 0.15) is 24.1 Å². The maximum Gasteiger partial charge on any atom is 0.261 e. The summed E-state index contributed by atoms with van der Waals surface area (Å²) in [5.41, 5.74) is 2.02. The van der Waals surface area contributed by atoms with E-state index in [4.69, 9.17) is 9.47 Å². The smallest absolute Gasteiger partial charge is 0.261 e. The standard InChI is InChI=1S/C24H26N2O5S/c1-17-15-22(32(28,29)26-20-9-11-21(30-3)12-10-20)13-14-23(17)31-16-24(27)25-18(2)19-7-5-4-6-8-19/h4-15,18,26H,16H2,1-3H3,(H,25,27). The molecule has 0 spiro atoms. The van der Waals surface area contributed by atoms with E-state index in [-0.39, 0.29) is 23.5 Å². The lowest BCUT2D eigenvalue weighted by atomic mass is 10.1. The fourth-order valence-corrected chi connectivity index (χ4v) is 4.22. The molecule has 3 aromatic rings. The highest BCUT2D eigenvalue weighted by molar-refractivity contribution is 7.92. The summed E-state index contributed by atoms with van der Waals surface area (Å²) in [7, 11) is -2.23. The summed E-state index contributed by atoms with van der Waals surface area (Å²) >= 11 is 0. The fraction of sp³-hybridized carbons (Fsp3) is 0.208. The van der Waals surface area contributed by atoms with Crippen LogP contribution in [0.3, 0.4) is 0 Å². The molecule has 0 saturated heterocycles. The number of sulfonamides is 1. The average molecular weight is 455 g/mol. The Kier molecular flexibility index (Phi) is 7.37. The van der Waals surface area contributed by atoms with Crippen molar-refractivity contribution >= 4 is 21.6 Å². The molecule has 3 aromatic carbocycles. The van der Waals surface area contributed by atoms with Crippen molar-refractivity contribution in [1.82, 2.24) is 5.32 Å². The van der Waals surface area contributed by atoms with Gasteiger partial charge in [0.05, 0.1) is 18.0 Å². The zero-order valence-electron chi connectivity index (χ0n) is 18.2. The molecule has 0 aliphatic rings. The summed E-state index contributed by atoms with van der Waals surface area (Å²) in [5.74, 6) is 0.807. The molecule has 3 rings (SSSR count). The van der Waals surface area contributed by atoms with Crippen LogP contribution in [-0.4, -0.2) is 28.0 Å². The first-order chi connectivity index (χ1) is 15.3. The lowest BCUT2D eigenvalue weighted by molar-refractivity contribution is -0.123. The molecule has 0 saturated carbocycles. The molecule has 7 nitrogen and oxygen atoms in total. The van der Waals surface area contributed by atoms with E-state index in [1.54, 1.807) is 44.4 Å². The number of hydrogen-bond donors (Lipinski definition) is 2. The summed E-state index contributed by atoms with van der Waals surface area (Å²) in [6, 6.07) is 20.6. The Bertz CT molecular complexity index is 1160. The molecule has 0 fully saturated rings. The normalized spacial score (nSPS) is 12.0. The Hall–Kier alpha value is -3.52. The van der Waals surface area contributed by atoms with Crippen LogP contribution in [0.2, 0.25) is 0 Å². The van der Waals surface area contributed by atoms with Gasteiger partial charge < -0.3 is 14.8 Å². The second-order valence-electron chi connectivity index (χ2n) is 7.25. The molecular formula is C24H26N2O5S. The van der Waals surface area contributed by atoms with E-state index in [9.17, 15) is 13.2 Å². The highest BCUT2D eigenvalue weighted by atomic mass is 32.2. The van der Waals surface area contributed by atoms with Crippen LogP contribution in [0.25, 0.3) is 0 Å². The van der Waals surface area contributed by atoms with Gasteiger partial charge in [-0.1, -0.05) is 30.3 Å². The van der Waals surface area contributed by atoms with Gasteiger partial charge in [-0.15, -0.1) is 0 Å². The van der Waals surface area contributed by atoms with E-state index in [0.717, 1.165) is 5.56 Å². The van der Waals surface area contributed by atoms with Crippen molar-refractivity contribution in [3.05, 3.63) is 83.9 Å². The predicted molar refractivity (Wildman–Crippen MR) is 123 cm³/mol.